The predicted octanol–water partition coefficient (Wildman–Crippen LogP) is 6.57. The van der Waals surface area contributed by atoms with Crippen LogP contribution in [0.4, 0.5) is 0 Å². The number of benzene rings is 2. The zero-order chi connectivity index (χ0) is 17.4. The molecule has 1 aromatic heterocycles. The molecule has 1 nitrogen and oxygen atoms in total. The lowest BCUT2D eigenvalue weighted by Crippen LogP contribution is -2.04. The van der Waals surface area contributed by atoms with Crippen LogP contribution in [0.2, 0.25) is 0 Å². The topological polar surface area (TPSA) is 12.9 Å². The number of hydrogen-bond acceptors (Lipinski definition) is 1. The minimum Gasteiger partial charge on any atom is -0.256 e. The average molecular weight is 316 g/mol. The van der Waals surface area contributed by atoms with Gasteiger partial charge in [0, 0.05) is 17.1 Å². The van der Waals surface area contributed by atoms with E-state index in [1.54, 1.807) is 0 Å². The van der Waals surface area contributed by atoms with E-state index in [-0.39, 0.29) is 0 Å². The highest BCUT2D eigenvalue weighted by atomic mass is 14.7. The van der Waals surface area contributed by atoms with Crippen LogP contribution in [0, 0.1) is 13.8 Å². The molecule has 1 aliphatic rings. The number of aromatic nitrogens is 1. The summed E-state index contributed by atoms with van der Waals surface area (Å²) in [6, 6.07) is 15.2. The van der Waals surface area contributed by atoms with Crippen LogP contribution in [-0.2, 0) is 0 Å². The maximum Gasteiger partial charge on any atom is 0.0840 e. The van der Waals surface area contributed by atoms with Gasteiger partial charge in [-0.15, -0.1) is 0 Å². The van der Waals surface area contributed by atoms with Crippen LogP contribution in [0.25, 0.3) is 22.0 Å². The van der Waals surface area contributed by atoms with Gasteiger partial charge in [0.15, 0.2) is 0 Å². The lowest BCUT2D eigenvalue weighted by Gasteiger charge is -2.22. The van der Waals surface area contributed by atoms with E-state index in [9.17, 15) is 0 Å². The molecule has 1 saturated carbocycles. The first-order valence-electron chi connectivity index (χ1n) is 9.60. The Balaban J connectivity index is 1.85. The van der Waals surface area contributed by atoms with Gasteiger partial charge in [-0.3, -0.25) is 4.98 Å². The van der Waals surface area contributed by atoms with Crippen molar-refractivity contribution in [3.8, 4) is 11.3 Å². The van der Waals surface area contributed by atoms with E-state index in [0.29, 0.717) is 12.1 Å². The Morgan fingerprint density at radius 2 is 1.67 bits per heavy atom. The first-order chi connectivity index (χ1) is 12.1. The number of rotatable bonds is 2. The number of hydrogen-bond donors (Lipinski definition) is 0. The Kier molecular flexibility index (Phi) is 3.79. The highest BCUT2D eigenvalue weighted by Gasteiger charge is 2.16. The first kappa shape index (κ1) is 14.2. The van der Waals surface area contributed by atoms with Crippen LogP contribution in [-0.4, -0.2) is 4.98 Å². The normalized spacial score (nSPS) is 16.3. The fraction of sp³-hybridized carbons (Fsp3) is 0.348. The Morgan fingerprint density at radius 1 is 0.917 bits per heavy atom. The van der Waals surface area contributed by atoms with E-state index in [4.69, 9.17) is 1.37 Å². The standard InChI is InChI=1S/C23H25N/c1-16-12-17(2)14-21(13-16)23-22-9-8-19(15-20(22)10-11-24-23)18-6-4-3-5-7-18/h8-15,18H,3-7H2,1-2H3/i11D. The highest BCUT2D eigenvalue weighted by Crippen LogP contribution is 2.35. The maximum absolute atomic E-state index is 8.18. The summed E-state index contributed by atoms with van der Waals surface area (Å²) in [5.74, 6) is 0.685. The van der Waals surface area contributed by atoms with E-state index in [1.807, 2.05) is 6.07 Å². The molecule has 0 spiro atoms. The molecule has 0 bridgehead atoms. The fourth-order valence-corrected chi connectivity index (χ4v) is 4.16. The van der Waals surface area contributed by atoms with Crippen LogP contribution < -0.4 is 0 Å². The summed E-state index contributed by atoms with van der Waals surface area (Å²) in [6.07, 6.45) is 7.01. The summed E-state index contributed by atoms with van der Waals surface area (Å²) in [4.78, 5) is 4.56. The highest BCUT2D eigenvalue weighted by molar-refractivity contribution is 5.95. The molecule has 0 radical (unpaired) electrons. The smallest absolute Gasteiger partial charge is 0.0840 e. The van der Waals surface area contributed by atoms with E-state index in [2.05, 4.69) is 55.2 Å². The average Bonchev–Trinajstić information content (AvgIpc) is 2.60. The van der Waals surface area contributed by atoms with Crippen molar-refractivity contribution in [1.29, 1.82) is 0 Å². The molecular weight excluding hydrogens is 290 g/mol. The predicted molar refractivity (Wildman–Crippen MR) is 102 cm³/mol. The van der Waals surface area contributed by atoms with Crippen LogP contribution in [0.3, 0.4) is 0 Å². The summed E-state index contributed by atoms with van der Waals surface area (Å²) in [7, 11) is 0. The molecule has 122 valence electrons. The number of aryl methyl sites for hydroxylation is 2. The molecule has 3 aromatic rings. The van der Waals surface area contributed by atoms with Gasteiger partial charge in [0.2, 0.25) is 0 Å². The summed E-state index contributed by atoms with van der Waals surface area (Å²) >= 11 is 0. The van der Waals surface area contributed by atoms with E-state index in [1.165, 1.54) is 48.8 Å². The summed E-state index contributed by atoms with van der Waals surface area (Å²) in [5.41, 5.74) is 5.95. The molecule has 1 heteroatoms. The monoisotopic (exact) mass is 316 g/mol. The molecule has 0 saturated heterocycles. The number of nitrogens with zero attached hydrogens (tertiary/aromatic N) is 1. The van der Waals surface area contributed by atoms with Crippen LogP contribution in [0.1, 0.15) is 56.1 Å². The molecule has 1 fully saturated rings. The number of pyridine rings is 1. The van der Waals surface area contributed by atoms with Gasteiger partial charge in [-0.25, -0.2) is 0 Å². The van der Waals surface area contributed by atoms with Crippen molar-refractivity contribution in [3.05, 3.63) is 65.3 Å². The van der Waals surface area contributed by atoms with Gasteiger partial charge in [0.1, 0.15) is 0 Å². The fourth-order valence-electron chi connectivity index (χ4n) is 4.16. The van der Waals surface area contributed by atoms with Gasteiger partial charge in [-0.05, 0) is 61.8 Å². The molecule has 1 heterocycles. The Labute approximate surface area is 146 Å². The Morgan fingerprint density at radius 3 is 2.42 bits per heavy atom. The SMILES string of the molecule is [2H]c1cc2cc(C3CCCCC3)ccc2c(-c2cc(C)cc(C)c2)n1. The second-order valence-electron chi connectivity index (χ2n) is 7.29. The minimum atomic E-state index is 0.349. The van der Waals surface area contributed by atoms with Gasteiger partial charge >= 0.3 is 0 Å². The largest absolute Gasteiger partial charge is 0.256 e. The second kappa shape index (κ2) is 6.39. The van der Waals surface area contributed by atoms with Crippen molar-refractivity contribution in [1.82, 2.24) is 4.98 Å². The lowest BCUT2D eigenvalue weighted by molar-refractivity contribution is 0.444. The minimum absolute atomic E-state index is 0.349. The van der Waals surface area contributed by atoms with E-state index >= 15 is 0 Å². The quantitative estimate of drug-likeness (QED) is 0.521. The van der Waals surface area contributed by atoms with E-state index < -0.39 is 0 Å². The first-order valence-corrected chi connectivity index (χ1v) is 9.10. The van der Waals surface area contributed by atoms with Gasteiger partial charge in [0.05, 0.1) is 7.06 Å². The molecule has 24 heavy (non-hydrogen) atoms. The van der Waals surface area contributed by atoms with Crippen molar-refractivity contribution in [3.63, 3.8) is 0 Å². The van der Waals surface area contributed by atoms with Crippen LogP contribution in [0.15, 0.2) is 48.6 Å². The molecule has 0 aliphatic heterocycles. The third-order valence-corrected chi connectivity index (χ3v) is 5.30. The van der Waals surface area contributed by atoms with Crippen molar-refractivity contribution in [2.75, 3.05) is 0 Å². The van der Waals surface area contributed by atoms with Gasteiger partial charge in [0.25, 0.3) is 0 Å². The molecule has 0 N–H and O–H groups in total. The van der Waals surface area contributed by atoms with Gasteiger partial charge in [-0.1, -0.05) is 54.7 Å². The Bertz CT molecular complexity index is 903. The second-order valence-corrected chi connectivity index (χ2v) is 7.29. The van der Waals surface area contributed by atoms with E-state index in [0.717, 1.165) is 22.0 Å². The maximum atomic E-state index is 8.18. The van der Waals surface area contributed by atoms with Crippen molar-refractivity contribution < 1.29 is 1.37 Å². The van der Waals surface area contributed by atoms with Gasteiger partial charge in [-0.2, -0.15) is 0 Å². The molecule has 0 atom stereocenters. The zero-order valence-electron chi connectivity index (χ0n) is 15.6. The van der Waals surface area contributed by atoms with Crippen molar-refractivity contribution in [2.45, 2.75) is 51.9 Å². The summed E-state index contributed by atoms with van der Waals surface area (Å²) in [6.45, 7) is 4.23. The Hall–Kier alpha value is -2.15. The van der Waals surface area contributed by atoms with Crippen LogP contribution >= 0.6 is 0 Å². The molecule has 2 aromatic carbocycles. The molecule has 4 rings (SSSR count). The van der Waals surface area contributed by atoms with Crippen LogP contribution in [0.5, 0.6) is 0 Å². The lowest BCUT2D eigenvalue weighted by atomic mass is 9.83. The third-order valence-electron chi connectivity index (χ3n) is 5.30. The summed E-state index contributed by atoms with van der Waals surface area (Å²) in [5, 5.41) is 2.30. The molecule has 0 amide bonds. The molecule has 0 unspecified atom stereocenters. The molecule has 1 aliphatic carbocycles. The number of fused-ring (bicyclic) bond motifs is 1. The van der Waals surface area contributed by atoms with Gasteiger partial charge < -0.3 is 0 Å². The molecular formula is C23H25N. The zero-order valence-corrected chi connectivity index (χ0v) is 14.6. The van der Waals surface area contributed by atoms with Crippen molar-refractivity contribution >= 4 is 10.8 Å². The summed E-state index contributed by atoms with van der Waals surface area (Å²) < 4.78 is 8.18. The van der Waals surface area contributed by atoms with Crippen molar-refractivity contribution in [2.24, 2.45) is 0 Å². The third kappa shape index (κ3) is 2.96.